The summed E-state index contributed by atoms with van der Waals surface area (Å²) < 4.78 is 51.7. The fourth-order valence-electron chi connectivity index (χ4n) is 2.90. The molecule has 1 atom stereocenters. The van der Waals surface area contributed by atoms with Gasteiger partial charge in [0.15, 0.2) is 0 Å². The molecule has 29 heavy (non-hydrogen) atoms. The molecule has 0 radical (unpaired) electrons. The van der Waals surface area contributed by atoms with Crippen molar-refractivity contribution in [2.45, 2.75) is 18.6 Å². The van der Waals surface area contributed by atoms with Crippen molar-refractivity contribution in [3.8, 4) is 6.07 Å². The number of aliphatic imine (C=N–C) groups is 1. The lowest BCUT2D eigenvalue weighted by molar-refractivity contribution is -0.137. The molecule has 0 saturated carbocycles. The third-order valence-corrected chi connectivity index (χ3v) is 4.40. The van der Waals surface area contributed by atoms with E-state index in [1.54, 1.807) is 12.1 Å². The topological polar surface area (TPSA) is 36.1 Å². The van der Waals surface area contributed by atoms with Crippen LogP contribution >= 0.6 is 0 Å². The number of hydrogen-bond acceptors (Lipinski definition) is 2. The number of benzene rings is 3. The molecular weight excluding hydrogens is 380 g/mol. The van der Waals surface area contributed by atoms with Crippen molar-refractivity contribution in [1.82, 2.24) is 0 Å². The molecule has 0 aliphatic carbocycles. The molecule has 3 aromatic rings. The molecule has 0 bridgehead atoms. The second-order valence-electron chi connectivity index (χ2n) is 6.42. The number of halogens is 4. The Hall–Kier alpha value is -3.46. The van der Waals surface area contributed by atoms with Crippen LogP contribution in [0, 0.1) is 17.1 Å². The SMILES string of the molecule is N#C/C(=N\[C@H](Cc1ccccc1)c1ccc(F)cc1)c1ccc(C(F)(F)F)cc1. The van der Waals surface area contributed by atoms with Crippen LogP contribution in [0.5, 0.6) is 0 Å². The first-order chi connectivity index (χ1) is 13.9. The Labute approximate surface area is 165 Å². The van der Waals surface area contributed by atoms with Crippen LogP contribution in [0.1, 0.15) is 28.3 Å². The predicted octanol–water partition coefficient (Wildman–Crippen LogP) is 6.14. The van der Waals surface area contributed by atoms with Gasteiger partial charge in [-0.1, -0.05) is 54.6 Å². The van der Waals surface area contributed by atoms with Crippen LogP contribution in [0.25, 0.3) is 0 Å². The molecule has 6 heteroatoms. The lowest BCUT2D eigenvalue weighted by Crippen LogP contribution is -2.08. The van der Waals surface area contributed by atoms with Gasteiger partial charge in [-0.2, -0.15) is 18.4 Å². The van der Waals surface area contributed by atoms with Gasteiger partial charge in [-0.05, 0) is 41.8 Å². The third kappa shape index (κ3) is 5.29. The molecule has 146 valence electrons. The van der Waals surface area contributed by atoms with Crippen molar-refractivity contribution in [3.63, 3.8) is 0 Å². The molecule has 2 nitrogen and oxygen atoms in total. The molecule has 0 aromatic heterocycles. The summed E-state index contributed by atoms with van der Waals surface area (Å²) in [5, 5.41) is 9.55. The first-order valence-electron chi connectivity index (χ1n) is 8.82. The smallest absolute Gasteiger partial charge is 0.265 e. The van der Waals surface area contributed by atoms with Gasteiger partial charge >= 0.3 is 6.18 Å². The Balaban J connectivity index is 1.98. The first-order valence-corrected chi connectivity index (χ1v) is 8.82. The molecular formula is C23H16F4N2. The van der Waals surface area contributed by atoms with Gasteiger partial charge in [0, 0.05) is 5.56 Å². The molecule has 0 aliphatic heterocycles. The summed E-state index contributed by atoms with van der Waals surface area (Å²) in [7, 11) is 0. The average molecular weight is 396 g/mol. The van der Waals surface area contributed by atoms with Crippen LogP contribution in [0.3, 0.4) is 0 Å². The lowest BCUT2D eigenvalue weighted by atomic mass is 9.98. The van der Waals surface area contributed by atoms with Crippen molar-refractivity contribution in [3.05, 3.63) is 107 Å². The van der Waals surface area contributed by atoms with E-state index < -0.39 is 17.8 Å². The zero-order chi connectivity index (χ0) is 20.9. The monoisotopic (exact) mass is 396 g/mol. The standard InChI is InChI=1S/C23H16F4N2/c24-20-12-8-17(9-13-20)21(14-16-4-2-1-3-5-16)29-22(15-28)18-6-10-19(11-7-18)23(25,26)27/h1-13,21H,14H2/b29-22+/t21-/m1/s1. The molecule has 0 aliphatic rings. The van der Waals surface area contributed by atoms with Gasteiger partial charge in [-0.15, -0.1) is 0 Å². The van der Waals surface area contributed by atoms with Crippen LogP contribution in [-0.2, 0) is 12.6 Å². The van der Waals surface area contributed by atoms with E-state index in [1.807, 2.05) is 36.4 Å². The molecule has 0 unspecified atom stereocenters. The van der Waals surface area contributed by atoms with E-state index in [2.05, 4.69) is 4.99 Å². The zero-order valence-corrected chi connectivity index (χ0v) is 15.2. The van der Waals surface area contributed by atoms with Gasteiger partial charge in [-0.25, -0.2) is 4.39 Å². The van der Waals surface area contributed by atoms with E-state index in [9.17, 15) is 22.8 Å². The Morgan fingerprint density at radius 1 is 0.897 bits per heavy atom. The number of hydrogen-bond donors (Lipinski definition) is 0. The van der Waals surface area contributed by atoms with E-state index in [0.717, 1.165) is 17.7 Å². The van der Waals surface area contributed by atoms with Gasteiger partial charge < -0.3 is 0 Å². The van der Waals surface area contributed by atoms with Gasteiger partial charge in [0.1, 0.15) is 17.6 Å². The maximum Gasteiger partial charge on any atom is 0.416 e. The first kappa shape index (κ1) is 20.3. The van der Waals surface area contributed by atoms with Crippen LogP contribution in [0.4, 0.5) is 17.6 Å². The van der Waals surface area contributed by atoms with Crippen LogP contribution in [0.2, 0.25) is 0 Å². The van der Waals surface area contributed by atoms with Crippen molar-refractivity contribution >= 4 is 5.71 Å². The maximum atomic E-state index is 13.3. The van der Waals surface area contributed by atoms with Crippen LogP contribution in [-0.4, -0.2) is 5.71 Å². The normalized spacial score (nSPS) is 13.0. The molecule has 0 fully saturated rings. The van der Waals surface area contributed by atoms with E-state index in [4.69, 9.17) is 0 Å². The van der Waals surface area contributed by atoms with Gasteiger partial charge in [0.05, 0.1) is 11.6 Å². The Morgan fingerprint density at radius 3 is 2.07 bits per heavy atom. The summed E-state index contributed by atoms with van der Waals surface area (Å²) in [6.07, 6.45) is -4.00. The van der Waals surface area contributed by atoms with E-state index in [0.29, 0.717) is 17.5 Å². The molecule has 3 rings (SSSR count). The number of alkyl halides is 3. The van der Waals surface area contributed by atoms with Crippen molar-refractivity contribution < 1.29 is 17.6 Å². The second-order valence-corrected chi connectivity index (χ2v) is 6.42. The average Bonchev–Trinajstić information content (AvgIpc) is 2.72. The summed E-state index contributed by atoms with van der Waals surface area (Å²) >= 11 is 0. The quantitative estimate of drug-likeness (QED) is 0.377. The molecule has 3 aromatic carbocycles. The van der Waals surface area contributed by atoms with Crippen molar-refractivity contribution in [2.24, 2.45) is 4.99 Å². The highest BCUT2D eigenvalue weighted by atomic mass is 19.4. The van der Waals surface area contributed by atoms with Gasteiger partial charge in [0.2, 0.25) is 0 Å². The van der Waals surface area contributed by atoms with E-state index in [-0.39, 0.29) is 11.5 Å². The highest BCUT2D eigenvalue weighted by Gasteiger charge is 2.30. The minimum Gasteiger partial charge on any atom is -0.265 e. The summed E-state index contributed by atoms with van der Waals surface area (Å²) in [5.74, 6) is -0.389. The number of nitriles is 1. The van der Waals surface area contributed by atoms with E-state index in [1.165, 1.54) is 24.3 Å². The molecule has 0 spiro atoms. The highest BCUT2D eigenvalue weighted by Crippen LogP contribution is 2.29. The van der Waals surface area contributed by atoms with Crippen molar-refractivity contribution in [2.75, 3.05) is 0 Å². The van der Waals surface area contributed by atoms with Crippen molar-refractivity contribution in [1.29, 1.82) is 5.26 Å². The van der Waals surface area contributed by atoms with Gasteiger partial charge in [-0.3, -0.25) is 4.99 Å². The predicted molar refractivity (Wildman–Crippen MR) is 103 cm³/mol. The Kier molecular flexibility index (Phi) is 6.08. The third-order valence-electron chi connectivity index (χ3n) is 4.40. The minimum absolute atomic E-state index is 0.0176. The van der Waals surface area contributed by atoms with Crippen LogP contribution < -0.4 is 0 Å². The Morgan fingerprint density at radius 2 is 1.52 bits per heavy atom. The summed E-state index contributed by atoms with van der Waals surface area (Å²) in [4.78, 5) is 4.50. The second kappa shape index (κ2) is 8.70. The molecule has 0 N–H and O–H groups in total. The maximum absolute atomic E-state index is 13.3. The fraction of sp³-hybridized carbons (Fsp3) is 0.130. The minimum atomic E-state index is -4.45. The lowest BCUT2D eigenvalue weighted by Gasteiger charge is -2.15. The van der Waals surface area contributed by atoms with Crippen LogP contribution in [0.15, 0.2) is 83.9 Å². The van der Waals surface area contributed by atoms with Gasteiger partial charge in [0.25, 0.3) is 0 Å². The largest absolute Gasteiger partial charge is 0.416 e. The van der Waals surface area contributed by atoms with E-state index >= 15 is 0 Å². The molecule has 0 heterocycles. The number of rotatable bonds is 5. The fourth-order valence-corrected chi connectivity index (χ4v) is 2.90. The summed E-state index contributed by atoms with van der Waals surface area (Å²) in [5.41, 5.74) is 1.19. The summed E-state index contributed by atoms with van der Waals surface area (Å²) in [6.45, 7) is 0. The summed E-state index contributed by atoms with van der Waals surface area (Å²) in [6, 6.07) is 21.1. The molecule has 0 amide bonds. The Bertz CT molecular complexity index is 1020. The highest BCUT2D eigenvalue weighted by molar-refractivity contribution is 6.11. The zero-order valence-electron chi connectivity index (χ0n) is 15.2. The number of nitrogens with zero attached hydrogens (tertiary/aromatic N) is 2. The molecule has 0 saturated heterocycles.